The standard InChI is InChI=1S/C17H22FNO/c1-13-5-3-11-19-14(2)17(13)6-4-12-20-16-9-7-15(18)8-10-16/h5,7-10,19H,3-4,6,11-12H2,1-2H3. The van der Waals surface area contributed by atoms with E-state index in [9.17, 15) is 4.39 Å². The van der Waals surface area contributed by atoms with Crippen molar-refractivity contribution in [2.24, 2.45) is 0 Å². The number of rotatable bonds is 5. The van der Waals surface area contributed by atoms with Crippen molar-refractivity contribution in [3.8, 4) is 5.75 Å². The molecule has 0 unspecified atom stereocenters. The molecule has 0 saturated heterocycles. The summed E-state index contributed by atoms with van der Waals surface area (Å²) >= 11 is 0. The molecule has 1 heterocycles. The third kappa shape index (κ3) is 4.12. The van der Waals surface area contributed by atoms with Crippen LogP contribution in [0.15, 0.2) is 47.2 Å². The second-order valence-electron chi connectivity index (χ2n) is 5.11. The zero-order valence-electron chi connectivity index (χ0n) is 12.2. The van der Waals surface area contributed by atoms with Crippen LogP contribution >= 0.6 is 0 Å². The molecule has 1 aliphatic heterocycles. The third-order valence-corrected chi connectivity index (χ3v) is 3.57. The smallest absolute Gasteiger partial charge is 0.123 e. The van der Waals surface area contributed by atoms with E-state index in [0.717, 1.165) is 31.6 Å². The van der Waals surface area contributed by atoms with E-state index in [1.807, 2.05) is 0 Å². The van der Waals surface area contributed by atoms with Gasteiger partial charge < -0.3 is 10.1 Å². The second kappa shape index (κ2) is 7.13. The molecule has 0 amide bonds. The lowest BCUT2D eigenvalue weighted by Gasteiger charge is -2.12. The Morgan fingerprint density at radius 2 is 1.95 bits per heavy atom. The first-order chi connectivity index (χ1) is 9.66. The molecule has 0 saturated carbocycles. The highest BCUT2D eigenvalue weighted by atomic mass is 19.1. The van der Waals surface area contributed by atoms with Crippen LogP contribution in [0.25, 0.3) is 0 Å². The van der Waals surface area contributed by atoms with Gasteiger partial charge in [-0.05, 0) is 62.9 Å². The van der Waals surface area contributed by atoms with E-state index in [1.165, 1.54) is 29.0 Å². The Balaban J connectivity index is 1.81. The Morgan fingerprint density at radius 1 is 1.20 bits per heavy atom. The summed E-state index contributed by atoms with van der Waals surface area (Å²) in [5.41, 5.74) is 4.04. The highest BCUT2D eigenvalue weighted by Crippen LogP contribution is 2.22. The quantitative estimate of drug-likeness (QED) is 0.813. The van der Waals surface area contributed by atoms with Crippen molar-refractivity contribution in [1.82, 2.24) is 5.32 Å². The van der Waals surface area contributed by atoms with Crippen LogP contribution in [0.3, 0.4) is 0 Å². The van der Waals surface area contributed by atoms with Crippen LogP contribution in [0.2, 0.25) is 0 Å². The summed E-state index contributed by atoms with van der Waals surface area (Å²) < 4.78 is 18.4. The fraction of sp³-hybridized carbons (Fsp3) is 0.412. The minimum Gasteiger partial charge on any atom is -0.494 e. The topological polar surface area (TPSA) is 21.3 Å². The van der Waals surface area contributed by atoms with E-state index in [1.54, 1.807) is 12.1 Å². The van der Waals surface area contributed by atoms with E-state index >= 15 is 0 Å². The molecule has 0 fully saturated rings. The second-order valence-corrected chi connectivity index (χ2v) is 5.11. The molecule has 0 aliphatic carbocycles. The van der Waals surface area contributed by atoms with Gasteiger partial charge in [0.15, 0.2) is 0 Å². The van der Waals surface area contributed by atoms with Crippen molar-refractivity contribution in [2.45, 2.75) is 33.1 Å². The molecule has 1 aromatic rings. The van der Waals surface area contributed by atoms with Crippen molar-refractivity contribution in [3.05, 3.63) is 53.0 Å². The molecule has 0 bridgehead atoms. The average molecular weight is 275 g/mol. The van der Waals surface area contributed by atoms with Gasteiger partial charge in [-0.25, -0.2) is 4.39 Å². The SMILES string of the molecule is CC1=CCCNC(C)=C1CCCOc1ccc(F)cc1. The molecule has 0 spiro atoms. The number of hydrogen-bond donors (Lipinski definition) is 1. The van der Waals surface area contributed by atoms with Crippen molar-refractivity contribution < 1.29 is 9.13 Å². The lowest BCUT2D eigenvalue weighted by atomic mass is 10.0. The molecule has 108 valence electrons. The predicted octanol–water partition coefficient (Wildman–Crippen LogP) is 4.20. The van der Waals surface area contributed by atoms with Gasteiger partial charge in [-0.2, -0.15) is 0 Å². The number of allylic oxidation sites excluding steroid dienone is 3. The van der Waals surface area contributed by atoms with Gasteiger partial charge in [0.1, 0.15) is 11.6 Å². The molecule has 2 nitrogen and oxygen atoms in total. The van der Waals surface area contributed by atoms with E-state index in [-0.39, 0.29) is 5.82 Å². The Hall–Kier alpha value is -1.77. The maximum atomic E-state index is 12.8. The first-order valence-corrected chi connectivity index (χ1v) is 7.16. The van der Waals surface area contributed by atoms with E-state index in [0.29, 0.717) is 6.61 Å². The summed E-state index contributed by atoms with van der Waals surface area (Å²) in [6.45, 7) is 5.97. The first kappa shape index (κ1) is 14.6. The van der Waals surface area contributed by atoms with Gasteiger partial charge in [0.25, 0.3) is 0 Å². The van der Waals surface area contributed by atoms with E-state index < -0.39 is 0 Å². The van der Waals surface area contributed by atoms with Gasteiger partial charge in [0, 0.05) is 12.2 Å². The molecule has 2 rings (SSSR count). The minimum absolute atomic E-state index is 0.233. The molecular weight excluding hydrogens is 253 g/mol. The molecule has 3 heteroatoms. The van der Waals surface area contributed by atoms with Crippen LogP contribution in [0.4, 0.5) is 4.39 Å². The summed E-state index contributed by atoms with van der Waals surface area (Å²) in [5.74, 6) is 0.492. The monoisotopic (exact) mass is 275 g/mol. The first-order valence-electron chi connectivity index (χ1n) is 7.16. The fourth-order valence-corrected chi connectivity index (χ4v) is 2.43. The highest BCUT2D eigenvalue weighted by molar-refractivity contribution is 5.34. The Bertz CT molecular complexity index is 502. The van der Waals surface area contributed by atoms with Crippen LogP contribution in [0.1, 0.15) is 33.1 Å². The summed E-state index contributed by atoms with van der Waals surface area (Å²) in [4.78, 5) is 0. The van der Waals surface area contributed by atoms with Crippen LogP contribution in [-0.2, 0) is 0 Å². The molecule has 0 radical (unpaired) electrons. The molecule has 0 aromatic heterocycles. The van der Waals surface area contributed by atoms with Gasteiger partial charge in [-0.1, -0.05) is 11.6 Å². The zero-order chi connectivity index (χ0) is 14.4. The van der Waals surface area contributed by atoms with Gasteiger partial charge in [-0.3, -0.25) is 0 Å². The summed E-state index contributed by atoms with van der Waals surface area (Å²) in [6.07, 6.45) is 5.33. The van der Waals surface area contributed by atoms with Crippen LogP contribution < -0.4 is 10.1 Å². The fourth-order valence-electron chi connectivity index (χ4n) is 2.43. The lowest BCUT2D eigenvalue weighted by molar-refractivity contribution is 0.310. The number of ether oxygens (including phenoxy) is 1. The third-order valence-electron chi connectivity index (χ3n) is 3.57. The summed E-state index contributed by atoms with van der Waals surface area (Å²) in [7, 11) is 0. The van der Waals surface area contributed by atoms with Gasteiger partial charge in [0.05, 0.1) is 6.61 Å². The zero-order valence-corrected chi connectivity index (χ0v) is 12.2. The van der Waals surface area contributed by atoms with E-state index in [4.69, 9.17) is 4.74 Å². The van der Waals surface area contributed by atoms with Gasteiger partial charge in [0.2, 0.25) is 0 Å². The maximum Gasteiger partial charge on any atom is 0.123 e. The number of nitrogens with one attached hydrogen (secondary N) is 1. The normalized spacial score (nSPS) is 15.4. The summed E-state index contributed by atoms with van der Waals surface area (Å²) in [6, 6.07) is 6.17. The Kier molecular flexibility index (Phi) is 5.22. The average Bonchev–Trinajstić information content (AvgIpc) is 2.59. The number of hydrogen-bond acceptors (Lipinski definition) is 2. The van der Waals surface area contributed by atoms with Gasteiger partial charge >= 0.3 is 0 Å². The lowest BCUT2D eigenvalue weighted by Crippen LogP contribution is -2.12. The number of halogens is 1. The van der Waals surface area contributed by atoms with E-state index in [2.05, 4.69) is 25.2 Å². The molecular formula is C17H22FNO. The van der Waals surface area contributed by atoms with Crippen molar-refractivity contribution in [3.63, 3.8) is 0 Å². The van der Waals surface area contributed by atoms with Crippen LogP contribution in [-0.4, -0.2) is 13.2 Å². The maximum absolute atomic E-state index is 12.8. The predicted molar refractivity (Wildman–Crippen MR) is 80.2 cm³/mol. The Morgan fingerprint density at radius 3 is 2.70 bits per heavy atom. The van der Waals surface area contributed by atoms with Crippen LogP contribution in [0.5, 0.6) is 5.75 Å². The van der Waals surface area contributed by atoms with Crippen molar-refractivity contribution in [1.29, 1.82) is 0 Å². The molecule has 1 N–H and O–H groups in total. The summed E-state index contributed by atoms with van der Waals surface area (Å²) in [5, 5.41) is 3.43. The van der Waals surface area contributed by atoms with Crippen molar-refractivity contribution >= 4 is 0 Å². The number of benzene rings is 1. The van der Waals surface area contributed by atoms with Gasteiger partial charge in [-0.15, -0.1) is 0 Å². The molecule has 1 aliphatic rings. The minimum atomic E-state index is -0.233. The highest BCUT2D eigenvalue weighted by Gasteiger charge is 2.08. The Labute approximate surface area is 120 Å². The molecule has 20 heavy (non-hydrogen) atoms. The molecule has 1 aromatic carbocycles. The largest absolute Gasteiger partial charge is 0.494 e. The van der Waals surface area contributed by atoms with Crippen LogP contribution in [0, 0.1) is 5.82 Å². The molecule has 0 atom stereocenters. The van der Waals surface area contributed by atoms with Crippen molar-refractivity contribution in [2.75, 3.05) is 13.2 Å².